The van der Waals surface area contributed by atoms with Crippen molar-refractivity contribution in [3.8, 4) is 0 Å². The maximum atomic E-state index is 12.9. The molecule has 4 atom stereocenters. The lowest BCUT2D eigenvalue weighted by Crippen LogP contribution is -2.72. The van der Waals surface area contributed by atoms with Crippen LogP contribution >= 0.6 is 11.8 Å². The summed E-state index contributed by atoms with van der Waals surface area (Å²) < 4.78 is 38.7. The molecule has 2 aliphatic rings. The number of nitro benzene ring substituents is 2. The number of hydrogen-bond donors (Lipinski definition) is 1. The second-order valence-corrected chi connectivity index (χ2v) is 11.6. The van der Waals surface area contributed by atoms with Gasteiger partial charge in [0.2, 0.25) is 0 Å². The minimum atomic E-state index is -4.96. The zero-order chi connectivity index (χ0) is 27.8. The number of hydrogen-bond acceptors (Lipinski definition) is 11. The summed E-state index contributed by atoms with van der Waals surface area (Å²) in [6.45, 7) is -0.209. The number of carbonyl (C=O) groups excluding carboxylic acids is 2. The number of carbonyl (C=O) groups is 2. The summed E-state index contributed by atoms with van der Waals surface area (Å²) in [5.74, 6) is -1.33. The first-order valence-electron chi connectivity index (χ1n) is 10.9. The maximum Gasteiger partial charge on any atom is 0.302 e. The number of ether oxygens (including phenoxy) is 1. The molecule has 0 radical (unpaired) electrons. The molecule has 1 N–H and O–H groups in total. The van der Waals surface area contributed by atoms with Crippen molar-refractivity contribution in [1.82, 2.24) is 4.90 Å². The third-order valence-corrected chi connectivity index (χ3v) is 9.68. The number of thioether (sulfide) groups is 1. The third kappa shape index (κ3) is 4.97. The van der Waals surface area contributed by atoms with Gasteiger partial charge in [0.05, 0.1) is 15.1 Å². The van der Waals surface area contributed by atoms with Crippen LogP contribution in [0.15, 0.2) is 53.5 Å². The van der Waals surface area contributed by atoms with Gasteiger partial charge in [-0.15, -0.1) is 11.8 Å². The second-order valence-electron chi connectivity index (χ2n) is 8.61. The minimum Gasteiger partial charge on any atom is -0.464 e. The van der Waals surface area contributed by atoms with Crippen LogP contribution in [0.5, 0.6) is 0 Å². The number of fused-ring (bicyclic) bond motifs is 1. The summed E-state index contributed by atoms with van der Waals surface area (Å²) in [5, 5.41) is 20.2. The van der Waals surface area contributed by atoms with Crippen molar-refractivity contribution < 1.29 is 37.1 Å². The monoisotopic (exact) mass is 564 g/mol. The van der Waals surface area contributed by atoms with E-state index in [4.69, 9.17) is 4.74 Å². The van der Waals surface area contributed by atoms with Crippen LogP contribution in [-0.4, -0.2) is 75.1 Å². The predicted octanol–water partition coefficient (Wildman–Crippen LogP) is 2.14. The lowest BCUT2D eigenvalue weighted by molar-refractivity contribution is -0.385. The normalized spacial score (nSPS) is 24.9. The SMILES string of the molecule is CC(=O)OCC1(S(=O)(=O)O)CN2C(=O)C(N=Cc3ccc([N+](=O)[O-])cc3)[C@H]2SC1c1ccc([N+](=O)[O-])cc1. The van der Waals surface area contributed by atoms with Crippen molar-refractivity contribution in [3.63, 3.8) is 0 Å². The number of β-lactam (4-membered cyclic amide) rings is 1. The van der Waals surface area contributed by atoms with Crippen molar-refractivity contribution in [2.24, 2.45) is 4.99 Å². The van der Waals surface area contributed by atoms with Crippen LogP contribution in [0.1, 0.15) is 23.3 Å². The van der Waals surface area contributed by atoms with Crippen LogP contribution in [0.25, 0.3) is 0 Å². The highest BCUT2D eigenvalue weighted by atomic mass is 32.2. The number of rotatable bonds is 8. The highest BCUT2D eigenvalue weighted by Crippen LogP contribution is 2.54. The number of benzene rings is 2. The van der Waals surface area contributed by atoms with E-state index in [1.165, 1.54) is 59.6 Å². The van der Waals surface area contributed by atoms with Crippen molar-refractivity contribution in [2.45, 2.75) is 28.3 Å². The van der Waals surface area contributed by atoms with E-state index in [-0.39, 0.29) is 11.4 Å². The molecule has 0 bridgehead atoms. The molecule has 3 unspecified atom stereocenters. The summed E-state index contributed by atoms with van der Waals surface area (Å²) in [7, 11) is -4.96. The first-order chi connectivity index (χ1) is 17.8. The maximum absolute atomic E-state index is 12.9. The molecule has 200 valence electrons. The quantitative estimate of drug-likeness (QED) is 0.123. The van der Waals surface area contributed by atoms with Crippen molar-refractivity contribution >= 4 is 51.3 Å². The molecular weight excluding hydrogens is 544 g/mol. The topological polar surface area (TPSA) is 200 Å². The van der Waals surface area contributed by atoms with E-state index in [0.717, 1.165) is 18.7 Å². The fourth-order valence-corrected chi connectivity index (χ4v) is 7.32. The molecule has 0 aromatic heterocycles. The molecule has 16 heteroatoms. The highest BCUT2D eigenvalue weighted by molar-refractivity contribution is 8.01. The molecule has 38 heavy (non-hydrogen) atoms. The van der Waals surface area contributed by atoms with Crippen molar-refractivity contribution in [3.05, 3.63) is 79.9 Å². The molecule has 2 aromatic rings. The lowest BCUT2D eigenvalue weighted by Gasteiger charge is -2.55. The summed E-state index contributed by atoms with van der Waals surface area (Å²) in [4.78, 5) is 50.7. The summed E-state index contributed by atoms with van der Waals surface area (Å²) in [6, 6.07) is 9.60. The van der Waals surface area contributed by atoms with Crippen molar-refractivity contribution in [2.75, 3.05) is 13.2 Å². The number of nitrogens with zero attached hydrogens (tertiary/aromatic N) is 4. The van der Waals surface area contributed by atoms with E-state index >= 15 is 0 Å². The molecule has 1 amide bonds. The smallest absolute Gasteiger partial charge is 0.302 e. The van der Waals surface area contributed by atoms with Gasteiger partial charge in [0, 0.05) is 43.9 Å². The zero-order valence-corrected chi connectivity index (χ0v) is 21.2. The van der Waals surface area contributed by atoms with Gasteiger partial charge in [-0.2, -0.15) is 8.42 Å². The van der Waals surface area contributed by atoms with E-state index in [1.807, 2.05) is 0 Å². The Hall–Kier alpha value is -3.89. The second kappa shape index (κ2) is 10.1. The molecule has 14 nitrogen and oxygen atoms in total. The predicted molar refractivity (Wildman–Crippen MR) is 134 cm³/mol. The van der Waals surface area contributed by atoms with E-state index in [0.29, 0.717) is 11.1 Å². The van der Waals surface area contributed by atoms with Crippen LogP contribution in [0, 0.1) is 20.2 Å². The number of amides is 1. The molecule has 2 heterocycles. The molecule has 0 spiro atoms. The van der Waals surface area contributed by atoms with Gasteiger partial charge >= 0.3 is 5.97 Å². The van der Waals surface area contributed by atoms with E-state index in [2.05, 4.69) is 4.99 Å². The number of aliphatic imine (C=N–C) groups is 1. The molecule has 2 aliphatic heterocycles. The molecule has 2 aromatic carbocycles. The Kier molecular flexibility index (Phi) is 7.22. The minimum absolute atomic E-state index is 0.115. The van der Waals surface area contributed by atoms with Gasteiger partial charge in [0.15, 0.2) is 10.8 Å². The summed E-state index contributed by atoms with van der Waals surface area (Å²) >= 11 is 0.989. The van der Waals surface area contributed by atoms with Gasteiger partial charge in [-0.1, -0.05) is 12.1 Å². The largest absolute Gasteiger partial charge is 0.464 e. The number of esters is 1. The van der Waals surface area contributed by atoms with Gasteiger partial charge in [-0.3, -0.25) is 39.4 Å². The van der Waals surface area contributed by atoms with Crippen LogP contribution in [-0.2, 0) is 24.4 Å². The summed E-state index contributed by atoms with van der Waals surface area (Å²) in [6.07, 6.45) is 1.37. The van der Waals surface area contributed by atoms with E-state index in [1.54, 1.807) is 0 Å². The Labute approximate surface area is 219 Å². The Balaban J connectivity index is 1.68. The average molecular weight is 565 g/mol. The van der Waals surface area contributed by atoms with Gasteiger partial charge < -0.3 is 9.64 Å². The molecule has 2 fully saturated rings. The molecule has 0 saturated carbocycles. The fourth-order valence-electron chi connectivity index (χ4n) is 4.23. The Morgan fingerprint density at radius 1 is 1.16 bits per heavy atom. The highest BCUT2D eigenvalue weighted by Gasteiger charge is 2.64. The van der Waals surface area contributed by atoms with E-state index in [9.17, 15) is 42.8 Å². The first-order valence-corrected chi connectivity index (χ1v) is 13.3. The average Bonchev–Trinajstić information content (AvgIpc) is 2.86. The molecule has 0 aliphatic carbocycles. The van der Waals surface area contributed by atoms with Gasteiger partial charge in [0.1, 0.15) is 12.0 Å². The molecule has 2 saturated heterocycles. The van der Waals surface area contributed by atoms with Crippen LogP contribution < -0.4 is 0 Å². The Morgan fingerprint density at radius 2 is 1.71 bits per heavy atom. The fraction of sp³-hybridized carbons (Fsp3) is 0.318. The third-order valence-electron chi connectivity index (χ3n) is 6.23. The lowest BCUT2D eigenvalue weighted by atomic mass is 9.94. The number of nitro groups is 2. The van der Waals surface area contributed by atoms with Crippen LogP contribution in [0.3, 0.4) is 0 Å². The van der Waals surface area contributed by atoms with Crippen LogP contribution in [0.2, 0.25) is 0 Å². The Bertz CT molecular complexity index is 1430. The first kappa shape index (κ1) is 27.2. The number of non-ortho nitro benzene ring substituents is 2. The van der Waals surface area contributed by atoms with Gasteiger partial charge in [0.25, 0.3) is 27.4 Å². The molecular formula is C22H20N4O10S2. The zero-order valence-electron chi connectivity index (χ0n) is 19.6. The van der Waals surface area contributed by atoms with E-state index < -0.39 is 66.4 Å². The standard InChI is InChI=1S/C22H20N4O10S2/c1-13(27)36-12-22(38(33,34)35)11-24-20(28)18(23-10-14-2-6-16(7-3-14)25(29)30)21(24)37-19(22)15-4-8-17(9-5-15)26(31)32/h2-10,18-19,21H,11-12H2,1H3,(H,33,34,35)/t18?,19?,21-,22?/m1/s1. The Morgan fingerprint density at radius 3 is 2.21 bits per heavy atom. The molecule has 4 rings (SSSR count). The van der Waals surface area contributed by atoms with Gasteiger partial charge in [-0.05, 0) is 23.3 Å². The van der Waals surface area contributed by atoms with Gasteiger partial charge in [-0.25, -0.2) is 0 Å². The summed E-state index contributed by atoms with van der Waals surface area (Å²) in [5.41, 5.74) is 0.438. The van der Waals surface area contributed by atoms with Crippen LogP contribution in [0.4, 0.5) is 11.4 Å². The van der Waals surface area contributed by atoms with Crippen molar-refractivity contribution in [1.29, 1.82) is 0 Å².